The average Bonchev–Trinajstić information content (AvgIpc) is 2.52. The molecule has 0 aromatic carbocycles. The summed E-state index contributed by atoms with van der Waals surface area (Å²) in [5, 5.41) is 0.208. The quantitative estimate of drug-likeness (QED) is 0.451. The number of halogens is 2. The zero-order chi connectivity index (χ0) is 17.6. The van der Waals surface area contributed by atoms with Gasteiger partial charge >= 0.3 is 5.97 Å². The summed E-state index contributed by atoms with van der Waals surface area (Å²) >= 11 is 11.1. The summed E-state index contributed by atoms with van der Waals surface area (Å²) < 4.78 is 4.47. The summed E-state index contributed by atoms with van der Waals surface area (Å²) in [6.07, 6.45) is 2.77. The Kier molecular flexibility index (Phi) is 8.47. The number of methoxy groups -OCH3 is 1. The molecular weight excluding hydrogens is 359 g/mol. The first-order chi connectivity index (χ1) is 10.8. The summed E-state index contributed by atoms with van der Waals surface area (Å²) in [4.78, 5) is 29.0. The third-order valence-corrected chi connectivity index (χ3v) is 3.16. The van der Waals surface area contributed by atoms with E-state index >= 15 is 0 Å². The Hall–Kier alpha value is -2.62. The van der Waals surface area contributed by atoms with Crippen LogP contribution in [0.5, 0.6) is 0 Å². The van der Waals surface area contributed by atoms with E-state index in [4.69, 9.17) is 40.4 Å². The highest BCUT2D eigenvalue weighted by Crippen LogP contribution is 2.20. The molecule has 0 saturated heterocycles. The van der Waals surface area contributed by atoms with Crippen molar-refractivity contribution in [3.63, 3.8) is 0 Å². The fourth-order valence-electron chi connectivity index (χ4n) is 1.40. The first-order valence-corrected chi connectivity index (χ1v) is 6.73. The van der Waals surface area contributed by atoms with Crippen molar-refractivity contribution in [3.05, 3.63) is 46.0 Å². The Balaban J connectivity index is 0.000000425. The Morgan fingerprint density at radius 3 is 1.79 bits per heavy atom. The molecule has 2 aromatic rings. The molecule has 11 heteroatoms. The lowest BCUT2D eigenvalue weighted by atomic mass is 10.2. The Morgan fingerprint density at radius 2 is 1.42 bits per heavy atom. The molecule has 2 aromatic heterocycles. The molecule has 1 amide bonds. The molecule has 130 valence electrons. The monoisotopic (exact) mass is 374 g/mol. The fourth-order valence-corrected chi connectivity index (χ4v) is 1.71. The van der Waals surface area contributed by atoms with E-state index in [1.165, 1.54) is 31.6 Å². The molecule has 0 spiro atoms. The predicted octanol–water partition coefficient (Wildman–Crippen LogP) is 1.68. The third-order valence-electron chi connectivity index (χ3n) is 2.55. The fraction of sp³-hybridized carbons (Fsp3) is 0.0769. The van der Waals surface area contributed by atoms with Crippen LogP contribution in [-0.2, 0) is 4.74 Å². The summed E-state index contributed by atoms with van der Waals surface area (Å²) in [5.41, 5.74) is 16.5. The van der Waals surface area contributed by atoms with E-state index in [-0.39, 0.29) is 39.0 Å². The average molecular weight is 375 g/mol. The molecule has 0 radical (unpaired) electrons. The van der Waals surface area contributed by atoms with Crippen molar-refractivity contribution in [3.8, 4) is 0 Å². The Bertz CT molecular complexity index is 742. The van der Waals surface area contributed by atoms with Crippen LogP contribution < -0.4 is 23.4 Å². The highest BCUT2D eigenvalue weighted by atomic mass is 35.5. The van der Waals surface area contributed by atoms with E-state index in [9.17, 15) is 9.59 Å². The lowest BCUT2D eigenvalue weighted by molar-refractivity contribution is 0.0601. The van der Waals surface area contributed by atoms with E-state index in [0.29, 0.717) is 0 Å². The van der Waals surface area contributed by atoms with Gasteiger partial charge in [0.1, 0.15) is 0 Å². The van der Waals surface area contributed by atoms with Crippen LogP contribution in [0.2, 0.25) is 10.3 Å². The zero-order valence-electron chi connectivity index (χ0n) is 12.6. The first kappa shape index (κ1) is 21.4. The second-order valence-electron chi connectivity index (χ2n) is 3.98. The van der Waals surface area contributed by atoms with Gasteiger partial charge in [-0.1, -0.05) is 23.2 Å². The van der Waals surface area contributed by atoms with Gasteiger partial charge in [-0.25, -0.2) is 14.8 Å². The van der Waals surface area contributed by atoms with Gasteiger partial charge in [0.2, 0.25) is 0 Å². The normalized spacial score (nSPS) is 9.12. The molecular formula is C13H16Cl2N6O3. The number of ether oxygens (including phenoxy) is 1. The van der Waals surface area contributed by atoms with E-state index in [1.54, 1.807) is 0 Å². The molecule has 0 aliphatic heterocycles. The van der Waals surface area contributed by atoms with Crippen LogP contribution in [0.15, 0.2) is 24.5 Å². The van der Waals surface area contributed by atoms with Crippen LogP contribution >= 0.6 is 23.2 Å². The van der Waals surface area contributed by atoms with Gasteiger partial charge in [-0.05, 0) is 12.1 Å². The minimum atomic E-state index is -0.605. The van der Waals surface area contributed by atoms with E-state index < -0.39 is 11.9 Å². The number of carbonyl (C=O) groups excluding carboxylic acids is 2. The maximum Gasteiger partial charge on any atom is 0.340 e. The highest BCUT2D eigenvalue weighted by Gasteiger charge is 2.11. The number of rotatable bonds is 2. The molecule has 0 fully saturated rings. The lowest BCUT2D eigenvalue weighted by Crippen LogP contribution is -2.13. The number of carbonyl (C=O) groups is 2. The van der Waals surface area contributed by atoms with Crippen LogP contribution in [0.25, 0.3) is 0 Å². The van der Waals surface area contributed by atoms with Crippen molar-refractivity contribution in [1.29, 1.82) is 0 Å². The number of pyridine rings is 2. The Morgan fingerprint density at radius 1 is 1.00 bits per heavy atom. The molecule has 0 saturated carbocycles. The molecule has 0 aliphatic rings. The van der Waals surface area contributed by atoms with Crippen LogP contribution in [0.1, 0.15) is 20.7 Å². The standard InChI is InChI=1S/C7H7ClN2O2.C6H6ClN3O.H3N/c1-12-7(11)4-2-3-10-6(8)5(4)9;7-5-4(8)3(6(9)11)1-2-10-5;/h2-3H,9H2,1H3;1-2H,8H2,(H2,9,11);1H3. The summed E-state index contributed by atoms with van der Waals surface area (Å²) in [5.74, 6) is -1.12. The van der Waals surface area contributed by atoms with Crippen LogP contribution in [0, 0.1) is 0 Å². The van der Waals surface area contributed by atoms with Gasteiger partial charge in [-0.3, -0.25) is 4.79 Å². The van der Waals surface area contributed by atoms with Gasteiger partial charge in [0.05, 0.1) is 29.6 Å². The minimum absolute atomic E-state index is 0. The number of aromatic nitrogens is 2. The molecule has 0 bridgehead atoms. The molecule has 2 heterocycles. The lowest BCUT2D eigenvalue weighted by Gasteiger charge is -2.02. The number of hydrogen-bond donors (Lipinski definition) is 4. The van der Waals surface area contributed by atoms with Crippen LogP contribution in [0.4, 0.5) is 11.4 Å². The van der Waals surface area contributed by atoms with Gasteiger partial charge < -0.3 is 28.1 Å². The number of nitrogens with zero attached hydrogens (tertiary/aromatic N) is 2. The number of amides is 1. The Labute approximate surface area is 147 Å². The summed E-state index contributed by atoms with van der Waals surface area (Å²) in [6, 6.07) is 2.87. The number of anilines is 2. The molecule has 0 unspecified atom stereocenters. The zero-order valence-corrected chi connectivity index (χ0v) is 14.1. The van der Waals surface area contributed by atoms with Crippen molar-refractivity contribution >= 4 is 46.5 Å². The third kappa shape index (κ3) is 5.23. The SMILES string of the molecule is COC(=O)c1ccnc(Cl)c1N.N.NC(=O)c1ccnc(Cl)c1N. The molecule has 2 rings (SSSR count). The molecule has 0 aliphatic carbocycles. The second-order valence-corrected chi connectivity index (χ2v) is 4.70. The largest absolute Gasteiger partial charge is 0.465 e. The van der Waals surface area contributed by atoms with Gasteiger partial charge in [0.25, 0.3) is 5.91 Å². The number of nitrogen functional groups attached to an aromatic ring is 2. The van der Waals surface area contributed by atoms with Crippen LogP contribution in [0.3, 0.4) is 0 Å². The van der Waals surface area contributed by atoms with Gasteiger partial charge in [0.15, 0.2) is 10.3 Å². The predicted molar refractivity (Wildman–Crippen MR) is 92.2 cm³/mol. The summed E-state index contributed by atoms with van der Waals surface area (Å²) in [7, 11) is 1.27. The number of hydrogen-bond acceptors (Lipinski definition) is 8. The number of esters is 1. The summed E-state index contributed by atoms with van der Waals surface area (Å²) in [6.45, 7) is 0. The molecule has 9 N–H and O–H groups in total. The number of primary amides is 1. The second kappa shape index (κ2) is 9.50. The van der Waals surface area contributed by atoms with Crippen molar-refractivity contribution in [2.24, 2.45) is 5.73 Å². The van der Waals surface area contributed by atoms with Gasteiger partial charge in [0, 0.05) is 12.4 Å². The molecule has 9 nitrogen and oxygen atoms in total. The van der Waals surface area contributed by atoms with E-state index in [0.717, 1.165) is 0 Å². The first-order valence-electron chi connectivity index (χ1n) is 5.97. The molecule has 24 heavy (non-hydrogen) atoms. The molecule has 0 atom stereocenters. The van der Waals surface area contributed by atoms with Crippen molar-refractivity contribution in [1.82, 2.24) is 16.1 Å². The van der Waals surface area contributed by atoms with Gasteiger partial charge in [-0.15, -0.1) is 0 Å². The smallest absolute Gasteiger partial charge is 0.340 e. The van der Waals surface area contributed by atoms with E-state index in [2.05, 4.69) is 14.7 Å². The highest BCUT2D eigenvalue weighted by molar-refractivity contribution is 6.33. The van der Waals surface area contributed by atoms with E-state index in [1.807, 2.05) is 0 Å². The topological polar surface area (TPSA) is 182 Å². The minimum Gasteiger partial charge on any atom is -0.465 e. The van der Waals surface area contributed by atoms with Crippen molar-refractivity contribution < 1.29 is 14.3 Å². The van der Waals surface area contributed by atoms with Crippen molar-refractivity contribution in [2.75, 3.05) is 18.6 Å². The van der Waals surface area contributed by atoms with Crippen LogP contribution in [-0.4, -0.2) is 29.0 Å². The maximum absolute atomic E-state index is 11.0. The van der Waals surface area contributed by atoms with Gasteiger partial charge in [-0.2, -0.15) is 0 Å². The number of nitrogens with two attached hydrogens (primary N) is 3. The maximum atomic E-state index is 11.0. The van der Waals surface area contributed by atoms with Crippen molar-refractivity contribution in [2.45, 2.75) is 0 Å².